The van der Waals surface area contributed by atoms with E-state index in [4.69, 9.17) is 0 Å². The number of aryl methyl sites for hydroxylation is 2. The summed E-state index contributed by atoms with van der Waals surface area (Å²) in [7, 11) is 0.484. The van der Waals surface area contributed by atoms with Crippen LogP contribution in [0.1, 0.15) is 11.3 Å². The van der Waals surface area contributed by atoms with Crippen molar-refractivity contribution in [2.45, 2.75) is 17.7 Å². The monoisotopic (exact) mass is 262 g/mol. The molecule has 0 aliphatic rings. The summed E-state index contributed by atoms with van der Waals surface area (Å²) in [5.41, 5.74) is 2.47. The molecule has 4 nitrogen and oxygen atoms in total. The van der Waals surface area contributed by atoms with Crippen molar-refractivity contribution in [3.8, 4) is 0 Å². The number of hydrogen-bond donors (Lipinski definition) is 2. The van der Waals surface area contributed by atoms with Gasteiger partial charge in [0, 0.05) is 12.8 Å². The maximum absolute atomic E-state index is 9.29. The minimum Gasteiger partial charge on any atom is -0.423 e. The Kier molecular flexibility index (Phi) is 4.11. The zero-order valence-corrected chi connectivity index (χ0v) is 11.2. The lowest BCUT2D eigenvalue weighted by atomic mass is 9.77. The highest BCUT2D eigenvalue weighted by atomic mass is 32.2. The van der Waals surface area contributed by atoms with Gasteiger partial charge in [0.05, 0.1) is 10.7 Å². The van der Waals surface area contributed by atoms with Crippen LogP contribution in [0.4, 0.5) is 0 Å². The molecule has 0 unspecified atom stereocenters. The van der Waals surface area contributed by atoms with Crippen molar-refractivity contribution < 1.29 is 10.0 Å². The molecule has 1 heterocycles. The van der Waals surface area contributed by atoms with Crippen molar-refractivity contribution in [1.82, 2.24) is 9.78 Å². The zero-order valence-electron chi connectivity index (χ0n) is 10.4. The van der Waals surface area contributed by atoms with Crippen LogP contribution in [0, 0.1) is 6.92 Å². The fraction of sp³-hybridized carbons (Fsp3) is 0.250. The summed E-state index contributed by atoms with van der Waals surface area (Å²) in [6.07, 6.45) is 0. The van der Waals surface area contributed by atoms with Crippen LogP contribution in [0.5, 0.6) is 0 Å². The smallest absolute Gasteiger partial charge is 0.423 e. The molecule has 18 heavy (non-hydrogen) atoms. The van der Waals surface area contributed by atoms with Gasteiger partial charge in [-0.2, -0.15) is 5.10 Å². The van der Waals surface area contributed by atoms with Gasteiger partial charge in [-0.3, -0.25) is 4.68 Å². The summed E-state index contributed by atoms with van der Waals surface area (Å²) in [4.78, 5) is 0. The summed E-state index contributed by atoms with van der Waals surface area (Å²) < 4.78 is 1.83. The molecule has 0 bridgehead atoms. The number of rotatable bonds is 4. The van der Waals surface area contributed by atoms with E-state index >= 15 is 0 Å². The second kappa shape index (κ2) is 5.60. The summed E-state index contributed by atoms with van der Waals surface area (Å²) >= 11 is 1.63. The molecule has 2 aromatic rings. The summed E-state index contributed by atoms with van der Waals surface area (Å²) in [5.74, 6) is 0.687. The van der Waals surface area contributed by atoms with Crippen molar-refractivity contribution in [2.75, 3.05) is 0 Å². The quantitative estimate of drug-likeness (QED) is 0.629. The third kappa shape index (κ3) is 2.96. The van der Waals surface area contributed by atoms with E-state index in [0.717, 1.165) is 16.3 Å². The molecule has 2 rings (SSSR count). The van der Waals surface area contributed by atoms with Crippen molar-refractivity contribution in [3.05, 3.63) is 41.6 Å². The average Bonchev–Trinajstić information content (AvgIpc) is 2.65. The largest absolute Gasteiger partial charge is 0.488 e. The zero-order chi connectivity index (χ0) is 13.1. The Morgan fingerprint density at radius 3 is 2.67 bits per heavy atom. The van der Waals surface area contributed by atoms with Crippen molar-refractivity contribution in [1.29, 1.82) is 0 Å². The SMILES string of the molecule is Cc1cc(SCc2ccccc2B(O)O)n(C)n1. The minimum absolute atomic E-state index is 0.559. The van der Waals surface area contributed by atoms with Crippen LogP contribution in [0.25, 0.3) is 0 Å². The lowest BCUT2D eigenvalue weighted by Gasteiger charge is -2.08. The van der Waals surface area contributed by atoms with Crippen molar-refractivity contribution >= 4 is 24.3 Å². The molecule has 0 fully saturated rings. The Morgan fingerprint density at radius 1 is 1.33 bits per heavy atom. The van der Waals surface area contributed by atoms with Gasteiger partial charge >= 0.3 is 7.12 Å². The number of benzene rings is 1. The molecule has 94 valence electrons. The molecule has 0 aliphatic carbocycles. The van der Waals surface area contributed by atoms with E-state index in [1.165, 1.54) is 0 Å². The molecular weight excluding hydrogens is 247 g/mol. The molecule has 0 amide bonds. The Balaban J connectivity index is 2.13. The van der Waals surface area contributed by atoms with E-state index in [9.17, 15) is 10.0 Å². The molecule has 6 heteroatoms. The highest BCUT2D eigenvalue weighted by Gasteiger charge is 2.15. The Labute approximate surface area is 111 Å². The van der Waals surface area contributed by atoms with Gasteiger partial charge < -0.3 is 10.0 Å². The fourth-order valence-corrected chi connectivity index (χ4v) is 2.84. The minimum atomic E-state index is -1.42. The Morgan fingerprint density at radius 2 is 2.06 bits per heavy atom. The van der Waals surface area contributed by atoms with E-state index in [2.05, 4.69) is 5.10 Å². The van der Waals surface area contributed by atoms with Gasteiger partial charge in [0.15, 0.2) is 0 Å². The first-order valence-electron chi connectivity index (χ1n) is 5.65. The van der Waals surface area contributed by atoms with Gasteiger partial charge in [0.1, 0.15) is 0 Å². The molecule has 0 radical (unpaired) electrons. The van der Waals surface area contributed by atoms with Crippen LogP contribution in [0.2, 0.25) is 0 Å². The first kappa shape index (κ1) is 13.2. The van der Waals surface area contributed by atoms with Gasteiger partial charge in [0.2, 0.25) is 0 Å². The summed E-state index contributed by atoms with van der Waals surface area (Å²) in [6, 6.07) is 9.36. The molecule has 0 aliphatic heterocycles. The van der Waals surface area contributed by atoms with Crippen LogP contribution in [0.15, 0.2) is 35.4 Å². The lowest BCUT2D eigenvalue weighted by molar-refractivity contribution is 0.425. The molecular formula is C12H15BN2O2S. The Hall–Kier alpha value is -1.24. The maximum atomic E-state index is 9.29. The van der Waals surface area contributed by atoms with Crippen LogP contribution < -0.4 is 5.46 Å². The number of nitrogens with zero attached hydrogens (tertiary/aromatic N) is 2. The van der Waals surface area contributed by atoms with Gasteiger partial charge in [-0.05, 0) is 24.0 Å². The molecule has 0 saturated heterocycles. The highest BCUT2D eigenvalue weighted by molar-refractivity contribution is 7.98. The van der Waals surface area contributed by atoms with Gasteiger partial charge in [-0.15, -0.1) is 11.8 Å². The number of thioether (sulfide) groups is 1. The van der Waals surface area contributed by atoms with E-state index in [1.54, 1.807) is 23.9 Å². The average molecular weight is 262 g/mol. The number of hydrogen-bond acceptors (Lipinski definition) is 4. The molecule has 0 saturated carbocycles. The van der Waals surface area contributed by atoms with Gasteiger partial charge in [-0.1, -0.05) is 24.3 Å². The first-order chi connectivity index (χ1) is 8.58. The van der Waals surface area contributed by atoms with E-state index in [1.807, 2.05) is 36.9 Å². The van der Waals surface area contributed by atoms with E-state index in [0.29, 0.717) is 11.2 Å². The molecule has 1 aromatic carbocycles. The number of aromatic nitrogens is 2. The normalized spacial score (nSPS) is 10.7. The third-order valence-corrected chi connectivity index (χ3v) is 3.80. The van der Waals surface area contributed by atoms with Crippen LogP contribution in [-0.2, 0) is 12.8 Å². The topological polar surface area (TPSA) is 58.3 Å². The van der Waals surface area contributed by atoms with Crippen LogP contribution >= 0.6 is 11.8 Å². The van der Waals surface area contributed by atoms with Gasteiger partial charge in [-0.25, -0.2) is 0 Å². The van der Waals surface area contributed by atoms with Crippen LogP contribution in [0.3, 0.4) is 0 Å². The predicted molar refractivity (Wildman–Crippen MR) is 73.8 cm³/mol. The molecule has 0 spiro atoms. The summed E-state index contributed by atoms with van der Waals surface area (Å²) in [5, 5.41) is 23.9. The lowest BCUT2D eigenvalue weighted by Crippen LogP contribution is -2.32. The van der Waals surface area contributed by atoms with E-state index in [-0.39, 0.29) is 0 Å². The fourth-order valence-electron chi connectivity index (χ4n) is 1.79. The third-order valence-electron chi connectivity index (χ3n) is 2.67. The van der Waals surface area contributed by atoms with Crippen LogP contribution in [-0.4, -0.2) is 26.9 Å². The second-order valence-electron chi connectivity index (χ2n) is 4.11. The highest BCUT2D eigenvalue weighted by Crippen LogP contribution is 2.22. The van der Waals surface area contributed by atoms with Gasteiger partial charge in [0.25, 0.3) is 0 Å². The molecule has 1 aromatic heterocycles. The summed E-state index contributed by atoms with van der Waals surface area (Å²) in [6.45, 7) is 1.95. The maximum Gasteiger partial charge on any atom is 0.488 e. The molecule has 2 N–H and O–H groups in total. The van der Waals surface area contributed by atoms with Crippen molar-refractivity contribution in [3.63, 3.8) is 0 Å². The standard InChI is InChI=1S/C12H15BN2O2S/c1-9-7-12(15(2)14-9)18-8-10-5-3-4-6-11(10)13(16)17/h3-7,16-17H,8H2,1-2H3. The predicted octanol–water partition coefficient (Wildman–Crippen LogP) is 0.701. The van der Waals surface area contributed by atoms with E-state index < -0.39 is 7.12 Å². The second-order valence-corrected chi connectivity index (χ2v) is 5.10. The van der Waals surface area contributed by atoms with Crippen molar-refractivity contribution in [2.24, 2.45) is 7.05 Å². The molecule has 0 atom stereocenters. The Bertz CT molecular complexity index is 543. The first-order valence-corrected chi connectivity index (χ1v) is 6.64.